The normalized spacial score (nSPS) is 9.60. The molecule has 0 amide bonds. The zero-order valence-electron chi connectivity index (χ0n) is 11.0. The molecule has 0 atom stereocenters. The minimum Gasteiger partial charge on any atom is -0.369 e. The summed E-state index contributed by atoms with van der Waals surface area (Å²) in [4.78, 5) is 1.79. The Labute approximate surface area is 117 Å². The summed E-state index contributed by atoms with van der Waals surface area (Å²) in [5.41, 5.74) is 2.08. The average Bonchev–Trinajstić information content (AvgIpc) is 2.47. The van der Waals surface area contributed by atoms with Crippen LogP contribution in [0.3, 0.4) is 0 Å². The minimum absolute atomic E-state index is 0.0337. The fourth-order valence-electron chi connectivity index (χ4n) is 2.04. The highest BCUT2D eigenvalue weighted by atomic mass is 19.1. The van der Waals surface area contributed by atoms with Gasteiger partial charge in [0.05, 0.1) is 17.3 Å². The number of rotatable bonds is 3. The van der Waals surface area contributed by atoms with Crippen LogP contribution in [0.15, 0.2) is 42.5 Å². The molecule has 0 saturated heterocycles. The van der Waals surface area contributed by atoms with Gasteiger partial charge in [0.2, 0.25) is 0 Å². The molecule has 0 fully saturated rings. The van der Waals surface area contributed by atoms with Gasteiger partial charge in [-0.2, -0.15) is 10.5 Å². The Morgan fingerprint density at radius 1 is 1.10 bits per heavy atom. The summed E-state index contributed by atoms with van der Waals surface area (Å²) >= 11 is 0. The minimum atomic E-state index is -0.525. The van der Waals surface area contributed by atoms with Gasteiger partial charge in [0.25, 0.3) is 0 Å². The van der Waals surface area contributed by atoms with Gasteiger partial charge in [-0.05, 0) is 29.8 Å². The van der Waals surface area contributed by atoms with Crippen molar-refractivity contribution in [3.8, 4) is 12.1 Å². The van der Waals surface area contributed by atoms with Gasteiger partial charge in [-0.1, -0.05) is 18.2 Å². The predicted molar refractivity (Wildman–Crippen MR) is 74.4 cm³/mol. The lowest BCUT2D eigenvalue weighted by Gasteiger charge is -2.20. The average molecular weight is 265 g/mol. The monoisotopic (exact) mass is 265 g/mol. The van der Waals surface area contributed by atoms with Crippen molar-refractivity contribution in [2.24, 2.45) is 0 Å². The highest BCUT2D eigenvalue weighted by molar-refractivity contribution is 5.59. The molecule has 2 aromatic carbocycles. The van der Waals surface area contributed by atoms with Crippen molar-refractivity contribution >= 4 is 5.69 Å². The third-order valence-electron chi connectivity index (χ3n) is 2.99. The topological polar surface area (TPSA) is 50.8 Å². The molecule has 0 aliphatic heterocycles. The third kappa shape index (κ3) is 2.76. The number of nitriles is 2. The molecule has 98 valence electrons. The molecule has 0 bridgehead atoms. The molecule has 0 radical (unpaired) electrons. The molecule has 0 N–H and O–H groups in total. The first kappa shape index (κ1) is 13.6. The maximum Gasteiger partial charge on any atom is 0.143 e. The summed E-state index contributed by atoms with van der Waals surface area (Å²) in [6, 6.07) is 15.7. The van der Waals surface area contributed by atoms with E-state index in [1.807, 2.05) is 12.1 Å². The molecule has 2 rings (SSSR count). The second-order valence-corrected chi connectivity index (χ2v) is 4.41. The van der Waals surface area contributed by atoms with Crippen LogP contribution in [0.2, 0.25) is 0 Å². The van der Waals surface area contributed by atoms with Crippen LogP contribution < -0.4 is 4.90 Å². The Bertz CT molecular complexity index is 710. The van der Waals surface area contributed by atoms with Crippen LogP contribution in [-0.2, 0) is 6.54 Å². The van der Waals surface area contributed by atoms with Crippen LogP contribution in [0, 0.1) is 28.5 Å². The van der Waals surface area contributed by atoms with Gasteiger partial charge in [-0.15, -0.1) is 0 Å². The van der Waals surface area contributed by atoms with Crippen LogP contribution in [0.4, 0.5) is 10.1 Å². The lowest BCUT2D eigenvalue weighted by Crippen LogP contribution is -2.18. The van der Waals surface area contributed by atoms with Crippen molar-refractivity contribution in [3.63, 3.8) is 0 Å². The van der Waals surface area contributed by atoms with Crippen LogP contribution >= 0.6 is 0 Å². The molecule has 0 aromatic heterocycles. The smallest absolute Gasteiger partial charge is 0.143 e. The number of benzene rings is 2. The van der Waals surface area contributed by atoms with E-state index in [-0.39, 0.29) is 5.56 Å². The molecule has 0 saturated carbocycles. The highest BCUT2D eigenvalue weighted by Crippen LogP contribution is 2.23. The molecule has 2 aromatic rings. The van der Waals surface area contributed by atoms with Crippen molar-refractivity contribution < 1.29 is 4.39 Å². The number of anilines is 1. The van der Waals surface area contributed by atoms with E-state index in [0.717, 1.165) is 5.56 Å². The first-order valence-corrected chi connectivity index (χ1v) is 6.04. The third-order valence-corrected chi connectivity index (χ3v) is 2.99. The number of halogens is 1. The first-order valence-electron chi connectivity index (χ1n) is 6.04. The molecule has 4 heteroatoms. The lowest BCUT2D eigenvalue weighted by atomic mass is 10.1. The summed E-state index contributed by atoms with van der Waals surface area (Å²) in [6.07, 6.45) is 0. The lowest BCUT2D eigenvalue weighted by molar-refractivity contribution is 0.623. The second kappa shape index (κ2) is 5.86. The number of nitrogens with zero attached hydrogens (tertiary/aromatic N) is 3. The van der Waals surface area contributed by atoms with Gasteiger partial charge in [0.15, 0.2) is 0 Å². The zero-order valence-corrected chi connectivity index (χ0v) is 11.0. The van der Waals surface area contributed by atoms with E-state index in [1.165, 1.54) is 6.07 Å². The Morgan fingerprint density at radius 3 is 2.55 bits per heavy atom. The van der Waals surface area contributed by atoms with Crippen LogP contribution in [0.25, 0.3) is 0 Å². The Balaban J connectivity index is 2.29. The van der Waals surface area contributed by atoms with Crippen molar-refractivity contribution in [2.75, 3.05) is 11.9 Å². The summed E-state index contributed by atoms with van der Waals surface area (Å²) in [7, 11) is 1.79. The van der Waals surface area contributed by atoms with Crippen LogP contribution in [-0.4, -0.2) is 7.05 Å². The number of hydrogen-bond acceptors (Lipinski definition) is 3. The van der Waals surface area contributed by atoms with Gasteiger partial charge in [0, 0.05) is 13.6 Å². The van der Waals surface area contributed by atoms with Gasteiger partial charge >= 0.3 is 0 Å². The SMILES string of the molecule is CN(Cc1cccc(C#N)c1)c1cccc(F)c1C#N. The number of hydrogen-bond donors (Lipinski definition) is 0. The Hall–Kier alpha value is -2.85. The summed E-state index contributed by atoms with van der Waals surface area (Å²) in [6.45, 7) is 0.494. The van der Waals surface area contributed by atoms with Crippen molar-refractivity contribution in [3.05, 3.63) is 65.0 Å². The standard InChI is InChI=1S/C16H12FN3/c1-20(11-13-5-2-4-12(8-13)9-18)16-7-3-6-15(17)14(16)10-19/h2-8H,11H2,1H3. The quantitative estimate of drug-likeness (QED) is 0.856. The molecule has 0 spiro atoms. The van der Waals surface area contributed by atoms with E-state index in [4.69, 9.17) is 10.5 Å². The zero-order chi connectivity index (χ0) is 14.5. The van der Waals surface area contributed by atoms with Gasteiger partial charge in [-0.3, -0.25) is 0 Å². The van der Waals surface area contributed by atoms with Gasteiger partial charge < -0.3 is 4.90 Å². The van der Waals surface area contributed by atoms with Crippen molar-refractivity contribution in [1.29, 1.82) is 10.5 Å². The summed E-state index contributed by atoms with van der Waals surface area (Å²) < 4.78 is 13.6. The molecule has 20 heavy (non-hydrogen) atoms. The first-order chi connectivity index (χ1) is 9.65. The van der Waals surface area contributed by atoms with Crippen molar-refractivity contribution in [1.82, 2.24) is 0 Å². The van der Waals surface area contributed by atoms with E-state index in [2.05, 4.69) is 6.07 Å². The molecule has 3 nitrogen and oxygen atoms in total. The maximum absolute atomic E-state index is 13.6. The van der Waals surface area contributed by atoms with Crippen LogP contribution in [0.1, 0.15) is 16.7 Å². The fraction of sp³-hybridized carbons (Fsp3) is 0.125. The Morgan fingerprint density at radius 2 is 1.85 bits per heavy atom. The molecule has 0 aliphatic carbocycles. The molecular formula is C16H12FN3. The Kier molecular flexibility index (Phi) is 3.98. The predicted octanol–water partition coefficient (Wildman–Crippen LogP) is 3.21. The van der Waals surface area contributed by atoms with Crippen molar-refractivity contribution in [2.45, 2.75) is 6.54 Å². The summed E-state index contributed by atoms with van der Waals surface area (Å²) in [5, 5.41) is 17.9. The van der Waals surface area contributed by atoms with E-state index in [0.29, 0.717) is 17.8 Å². The van der Waals surface area contributed by atoms with Gasteiger partial charge in [-0.25, -0.2) is 4.39 Å². The fourth-order valence-corrected chi connectivity index (χ4v) is 2.04. The maximum atomic E-state index is 13.6. The van der Waals surface area contributed by atoms with Gasteiger partial charge in [0.1, 0.15) is 17.4 Å². The van der Waals surface area contributed by atoms with E-state index in [1.54, 1.807) is 42.3 Å². The summed E-state index contributed by atoms with van der Waals surface area (Å²) in [5.74, 6) is -0.525. The molecular weight excluding hydrogens is 253 g/mol. The van der Waals surface area contributed by atoms with Crippen LogP contribution in [0.5, 0.6) is 0 Å². The van der Waals surface area contributed by atoms with E-state index < -0.39 is 5.82 Å². The molecule has 0 aliphatic rings. The largest absolute Gasteiger partial charge is 0.369 e. The highest BCUT2D eigenvalue weighted by Gasteiger charge is 2.12. The van der Waals surface area contributed by atoms with E-state index >= 15 is 0 Å². The second-order valence-electron chi connectivity index (χ2n) is 4.41. The molecule has 0 heterocycles. The molecule has 0 unspecified atom stereocenters. The van der Waals surface area contributed by atoms with E-state index in [9.17, 15) is 4.39 Å².